The van der Waals surface area contributed by atoms with Gasteiger partial charge < -0.3 is 4.90 Å². The second-order valence-electron chi connectivity index (χ2n) is 4.94. The van der Waals surface area contributed by atoms with Gasteiger partial charge in [-0.05, 0) is 36.8 Å². The first kappa shape index (κ1) is 16.6. The van der Waals surface area contributed by atoms with E-state index in [4.69, 9.17) is 16.2 Å². The molecule has 1 heterocycles. The predicted octanol–water partition coefficient (Wildman–Crippen LogP) is 4.15. The minimum absolute atomic E-state index is 0.0828. The Balaban J connectivity index is 1.85. The average molecular weight is 372 g/mol. The molecule has 1 aliphatic heterocycles. The maximum Gasteiger partial charge on any atom is 0.397 e. The molecule has 1 aliphatic rings. The van der Waals surface area contributed by atoms with E-state index in [2.05, 4.69) is 9.08 Å². The largest absolute Gasteiger partial charge is 0.397 e. The van der Waals surface area contributed by atoms with Gasteiger partial charge in [-0.2, -0.15) is 8.42 Å². The first-order chi connectivity index (χ1) is 10.9. The van der Waals surface area contributed by atoms with E-state index < -0.39 is 10.4 Å². The number of para-hydroxylation sites is 1. The van der Waals surface area contributed by atoms with Crippen molar-refractivity contribution >= 4 is 45.1 Å². The Hall–Kier alpha value is -1.25. The molecule has 0 bridgehead atoms. The lowest BCUT2D eigenvalue weighted by Gasteiger charge is -2.32. The predicted molar refractivity (Wildman–Crippen MR) is 91.1 cm³/mol. The van der Waals surface area contributed by atoms with Crippen LogP contribution in [0.4, 0.5) is 11.4 Å². The van der Waals surface area contributed by atoms with Crippen LogP contribution in [0.1, 0.15) is 6.42 Å². The Labute approximate surface area is 144 Å². The molecule has 5 nitrogen and oxygen atoms in total. The molecule has 0 aromatic heterocycles. The second kappa shape index (κ2) is 6.70. The van der Waals surface area contributed by atoms with Gasteiger partial charge in [-0.1, -0.05) is 35.5 Å². The third-order valence-corrected chi connectivity index (χ3v) is 5.18. The molecule has 2 aromatic rings. The van der Waals surface area contributed by atoms with Crippen molar-refractivity contribution in [1.82, 2.24) is 0 Å². The Kier molecular flexibility index (Phi) is 4.84. The lowest BCUT2D eigenvalue weighted by atomic mass is 10.2. The molecule has 1 N–H and O–H groups in total. The van der Waals surface area contributed by atoms with Crippen molar-refractivity contribution in [3.63, 3.8) is 0 Å². The van der Waals surface area contributed by atoms with E-state index in [0.717, 1.165) is 21.2 Å². The van der Waals surface area contributed by atoms with Gasteiger partial charge in [0.1, 0.15) is 0 Å². The lowest BCUT2D eigenvalue weighted by Crippen LogP contribution is -2.23. The van der Waals surface area contributed by atoms with Crippen molar-refractivity contribution < 1.29 is 17.2 Å². The number of benzene rings is 2. The number of hydrogen-bond donors (Lipinski definition) is 1. The molecule has 23 heavy (non-hydrogen) atoms. The topological polar surface area (TPSA) is 66.8 Å². The number of rotatable bonds is 5. The molecule has 0 unspecified atom stereocenters. The van der Waals surface area contributed by atoms with Gasteiger partial charge in [0.2, 0.25) is 0 Å². The van der Waals surface area contributed by atoms with Gasteiger partial charge in [-0.3, -0.25) is 4.55 Å². The van der Waals surface area contributed by atoms with E-state index in [0.29, 0.717) is 18.0 Å². The van der Waals surface area contributed by atoms with E-state index in [1.54, 1.807) is 11.8 Å². The normalized spacial score (nSPS) is 13.6. The summed E-state index contributed by atoms with van der Waals surface area (Å²) in [5.41, 5.74) is 2.02. The molecule has 8 heteroatoms. The molecular formula is C15H14ClNO4S2. The minimum atomic E-state index is -4.40. The summed E-state index contributed by atoms with van der Waals surface area (Å²) in [6, 6.07) is 13.7. The van der Waals surface area contributed by atoms with Crippen LogP contribution in [-0.4, -0.2) is 26.1 Å². The molecule has 0 spiro atoms. The van der Waals surface area contributed by atoms with E-state index in [1.165, 1.54) is 0 Å². The van der Waals surface area contributed by atoms with E-state index >= 15 is 0 Å². The van der Waals surface area contributed by atoms with Crippen molar-refractivity contribution in [1.29, 1.82) is 0 Å². The molecule has 0 radical (unpaired) electrons. The fourth-order valence-electron chi connectivity index (χ4n) is 2.43. The molecule has 122 valence electrons. The van der Waals surface area contributed by atoms with Gasteiger partial charge in [0.15, 0.2) is 0 Å². The van der Waals surface area contributed by atoms with Crippen LogP contribution >= 0.6 is 23.4 Å². The first-order valence-electron chi connectivity index (χ1n) is 6.90. The molecule has 0 amide bonds. The molecule has 3 rings (SSSR count). The van der Waals surface area contributed by atoms with Crippen LogP contribution in [0.25, 0.3) is 0 Å². The second-order valence-corrected chi connectivity index (χ2v) is 7.55. The van der Waals surface area contributed by atoms with Crippen LogP contribution < -0.4 is 4.90 Å². The van der Waals surface area contributed by atoms with E-state index in [-0.39, 0.29) is 6.61 Å². The van der Waals surface area contributed by atoms with E-state index in [9.17, 15) is 8.42 Å². The number of hydrogen-bond acceptors (Lipinski definition) is 5. The molecule has 2 aromatic carbocycles. The van der Waals surface area contributed by atoms with Gasteiger partial charge in [-0.15, -0.1) is 0 Å². The lowest BCUT2D eigenvalue weighted by molar-refractivity contribution is 0.266. The zero-order valence-corrected chi connectivity index (χ0v) is 14.4. The van der Waals surface area contributed by atoms with Crippen LogP contribution in [0.15, 0.2) is 52.3 Å². The van der Waals surface area contributed by atoms with Crippen LogP contribution in [-0.2, 0) is 14.6 Å². The van der Waals surface area contributed by atoms with E-state index in [1.807, 2.05) is 42.5 Å². The standard InChI is InChI=1S/C15H14ClNO4S2/c16-11-6-7-15-13(10-11)17(8-3-9-21-23(18,19)20)12-4-1-2-5-14(12)22-15/h1-2,4-7,10H,3,8-9H2,(H,18,19,20). The Morgan fingerprint density at radius 3 is 2.65 bits per heavy atom. The van der Waals surface area contributed by atoms with Crippen LogP contribution in [0, 0.1) is 0 Å². The number of fused-ring (bicyclic) bond motifs is 2. The Morgan fingerprint density at radius 1 is 1.13 bits per heavy atom. The minimum Gasteiger partial charge on any atom is -0.340 e. The third-order valence-electron chi connectivity index (χ3n) is 3.35. The highest BCUT2D eigenvalue weighted by molar-refractivity contribution is 7.99. The number of nitrogens with zero attached hydrogens (tertiary/aromatic N) is 1. The summed E-state index contributed by atoms with van der Waals surface area (Å²) in [5, 5.41) is 0.642. The summed E-state index contributed by atoms with van der Waals surface area (Å²) >= 11 is 7.79. The Morgan fingerprint density at radius 2 is 1.87 bits per heavy atom. The summed E-state index contributed by atoms with van der Waals surface area (Å²) in [4.78, 5) is 4.29. The summed E-state index contributed by atoms with van der Waals surface area (Å²) in [6.07, 6.45) is 0.435. The van der Waals surface area contributed by atoms with Crippen molar-refractivity contribution in [3.8, 4) is 0 Å². The molecular weight excluding hydrogens is 358 g/mol. The summed E-state index contributed by atoms with van der Waals surface area (Å²) in [6.45, 7) is 0.459. The zero-order valence-electron chi connectivity index (χ0n) is 12.0. The fourth-order valence-corrected chi connectivity index (χ4v) is 4.00. The van der Waals surface area contributed by atoms with Crippen molar-refractivity contribution in [3.05, 3.63) is 47.5 Å². The highest BCUT2D eigenvalue weighted by atomic mass is 35.5. The first-order valence-corrected chi connectivity index (χ1v) is 9.46. The monoisotopic (exact) mass is 371 g/mol. The van der Waals surface area contributed by atoms with Gasteiger partial charge >= 0.3 is 10.4 Å². The van der Waals surface area contributed by atoms with Crippen LogP contribution in [0.5, 0.6) is 0 Å². The summed E-state index contributed by atoms with van der Waals surface area (Å²) < 4.78 is 34.3. The quantitative estimate of drug-likeness (QED) is 0.629. The molecule has 0 saturated carbocycles. The molecule has 0 atom stereocenters. The third kappa shape index (κ3) is 3.99. The average Bonchev–Trinajstić information content (AvgIpc) is 2.50. The smallest absolute Gasteiger partial charge is 0.340 e. The molecule has 0 saturated heterocycles. The van der Waals surface area contributed by atoms with Gasteiger partial charge in [0.05, 0.1) is 18.0 Å². The highest BCUT2D eigenvalue weighted by Gasteiger charge is 2.23. The molecule has 0 aliphatic carbocycles. The Bertz CT molecular complexity index is 826. The number of halogens is 1. The van der Waals surface area contributed by atoms with Gasteiger partial charge in [0, 0.05) is 21.4 Å². The SMILES string of the molecule is O=S(=O)(O)OCCCN1c2ccccc2Sc2ccc(Cl)cc21. The maximum atomic E-state index is 10.6. The maximum absolute atomic E-state index is 10.6. The number of anilines is 2. The van der Waals surface area contributed by atoms with Crippen molar-refractivity contribution in [2.24, 2.45) is 0 Å². The van der Waals surface area contributed by atoms with Crippen molar-refractivity contribution in [2.75, 3.05) is 18.1 Å². The molecule has 0 fully saturated rings. The van der Waals surface area contributed by atoms with Gasteiger partial charge in [-0.25, -0.2) is 4.18 Å². The summed E-state index contributed by atoms with van der Waals surface area (Å²) in [5.74, 6) is 0. The van der Waals surface area contributed by atoms with Crippen LogP contribution in [0.3, 0.4) is 0 Å². The fraction of sp³-hybridized carbons (Fsp3) is 0.200. The summed E-state index contributed by atoms with van der Waals surface area (Å²) in [7, 11) is -4.40. The zero-order chi connectivity index (χ0) is 16.4. The van der Waals surface area contributed by atoms with Crippen LogP contribution in [0.2, 0.25) is 5.02 Å². The highest BCUT2D eigenvalue weighted by Crippen LogP contribution is 2.48. The van der Waals surface area contributed by atoms with Crippen molar-refractivity contribution in [2.45, 2.75) is 16.2 Å². The van der Waals surface area contributed by atoms with Gasteiger partial charge in [0.25, 0.3) is 0 Å².